The summed E-state index contributed by atoms with van der Waals surface area (Å²) in [5.41, 5.74) is -0.744. The smallest absolute Gasteiger partial charge is 0.235 e. The van der Waals surface area contributed by atoms with Crippen molar-refractivity contribution in [3.63, 3.8) is 0 Å². The molecule has 0 bridgehead atoms. The molecular formula is C15H16FNO4. The Hall–Kier alpha value is -2.07. The number of fused-ring (bicyclic) bond motifs is 1. The molecule has 1 heterocycles. The van der Waals surface area contributed by atoms with Gasteiger partial charge in [-0.15, -0.1) is 0 Å². The van der Waals surface area contributed by atoms with Gasteiger partial charge in [-0.05, 0) is 12.8 Å². The Bertz CT molecular complexity index is 604. The fourth-order valence-corrected chi connectivity index (χ4v) is 3.16. The number of phenols is 1. The Kier molecular flexibility index (Phi) is 3.55. The molecule has 1 aliphatic heterocycles. The zero-order chi connectivity index (χ0) is 14.9. The summed E-state index contributed by atoms with van der Waals surface area (Å²) in [5, 5.41) is 10.2. The maximum absolute atomic E-state index is 14.0. The van der Waals surface area contributed by atoms with Crippen LogP contribution in [0.15, 0.2) is 11.1 Å². The summed E-state index contributed by atoms with van der Waals surface area (Å²) in [7, 11) is 0. The summed E-state index contributed by atoms with van der Waals surface area (Å²) in [4.78, 5) is 14.7. The zero-order valence-electron chi connectivity index (χ0n) is 11.5. The van der Waals surface area contributed by atoms with Gasteiger partial charge in [-0.25, -0.2) is 9.18 Å². The molecule has 0 aromatic heterocycles. The van der Waals surface area contributed by atoms with Crippen molar-refractivity contribution in [1.29, 1.82) is 0 Å². The third-order valence-corrected chi connectivity index (χ3v) is 4.12. The first-order valence-corrected chi connectivity index (χ1v) is 7.08. The average molecular weight is 293 g/mol. The third-order valence-electron chi connectivity index (χ3n) is 4.12. The maximum Gasteiger partial charge on any atom is 0.235 e. The van der Waals surface area contributed by atoms with E-state index in [1.165, 1.54) is 0 Å². The van der Waals surface area contributed by atoms with Crippen LogP contribution < -0.4 is 9.47 Å². The van der Waals surface area contributed by atoms with Crippen LogP contribution in [0.1, 0.15) is 37.7 Å². The van der Waals surface area contributed by atoms with Gasteiger partial charge < -0.3 is 14.6 Å². The van der Waals surface area contributed by atoms with E-state index in [1.807, 2.05) is 0 Å². The lowest BCUT2D eigenvalue weighted by Crippen LogP contribution is -2.21. The summed E-state index contributed by atoms with van der Waals surface area (Å²) in [5.74, 6) is -0.751. The topological polar surface area (TPSA) is 68.1 Å². The fraction of sp³-hybridized carbons (Fsp3) is 0.533. The van der Waals surface area contributed by atoms with E-state index >= 15 is 0 Å². The van der Waals surface area contributed by atoms with E-state index in [2.05, 4.69) is 4.99 Å². The minimum Gasteiger partial charge on any atom is -0.504 e. The van der Waals surface area contributed by atoms with Crippen molar-refractivity contribution in [3.8, 4) is 17.2 Å². The molecule has 0 atom stereocenters. The number of hydrogen-bond donors (Lipinski definition) is 1. The first-order valence-electron chi connectivity index (χ1n) is 7.08. The number of hydrogen-bond acceptors (Lipinski definition) is 5. The number of rotatable bonds is 2. The number of carbonyl (C=O) groups excluding carboxylic acids is 1. The first kappa shape index (κ1) is 13.9. The highest BCUT2D eigenvalue weighted by Gasteiger charge is 2.43. The highest BCUT2D eigenvalue weighted by Crippen LogP contribution is 2.53. The van der Waals surface area contributed by atoms with Gasteiger partial charge in [-0.1, -0.05) is 12.8 Å². The molecule has 1 saturated carbocycles. The number of aromatic hydroxyl groups is 1. The standard InChI is InChI=1S/C15H16FNO4/c16-10-8-11-14(21-7-3-6-20-11)12(13(10)19)15(17-9-18)4-1-2-5-15/h8,19H,1-7H2. The molecule has 0 unspecified atom stereocenters. The molecule has 0 saturated heterocycles. The Morgan fingerprint density at radius 3 is 2.67 bits per heavy atom. The number of isocyanates is 1. The van der Waals surface area contributed by atoms with E-state index in [0.717, 1.165) is 18.9 Å². The van der Waals surface area contributed by atoms with Crippen LogP contribution in [0.3, 0.4) is 0 Å². The van der Waals surface area contributed by atoms with Crippen LogP contribution in [0.4, 0.5) is 4.39 Å². The number of phenolic OH excluding ortho intramolecular Hbond substituents is 1. The van der Waals surface area contributed by atoms with Crippen LogP contribution in [-0.4, -0.2) is 24.4 Å². The van der Waals surface area contributed by atoms with Crippen molar-refractivity contribution < 1.29 is 23.8 Å². The van der Waals surface area contributed by atoms with E-state index in [-0.39, 0.29) is 11.3 Å². The lowest BCUT2D eigenvalue weighted by Gasteiger charge is -2.27. The van der Waals surface area contributed by atoms with Gasteiger partial charge in [-0.3, -0.25) is 0 Å². The molecule has 112 valence electrons. The Morgan fingerprint density at radius 1 is 1.24 bits per heavy atom. The Labute approximate surface area is 121 Å². The maximum atomic E-state index is 14.0. The SMILES string of the molecule is O=C=NC1(c2c(O)c(F)cc3c2OCCCO3)CCCC1. The van der Waals surface area contributed by atoms with Crippen LogP contribution in [0, 0.1) is 5.82 Å². The van der Waals surface area contributed by atoms with Crippen LogP contribution in [0.5, 0.6) is 17.2 Å². The number of ether oxygens (including phenoxy) is 2. The van der Waals surface area contributed by atoms with Gasteiger partial charge in [0.2, 0.25) is 6.08 Å². The van der Waals surface area contributed by atoms with E-state index in [1.54, 1.807) is 6.08 Å². The molecule has 21 heavy (non-hydrogen) atoms. The van der Waals surface area contributed by atoms with Crippen molar-refractivity contribution in [1.82, 2.24) is 0 Å². The van der Waals surface area contributed by atoms with Crippen molar-refractivity contribution in [2.24, 2.45) is 4.99 Å². The largest absolute Gasteiger partial charge is 0.504 e. The Balaban J connectivity index is 2.25. The van der Waals surface area contributed by atoms with Crippen molar-refractivity contribution >= 4 is 6.08 Å². The average Bonchev–Trinajstić information content (AvgIpc) is 2.81. The molecule has 1 aliphatic carbocycles. The summed E-state index contributed by atoms with van der Waals surface area (Å²) >= 11 is 0. The highest BCUT2D eigenvalue weighted by atomic mass is 19.1. The molecule has 0 spiro atoms. The van der Waals surface area contributed by atoms with E-state index in [9.17, 15) is 14.3 Å². The van der Waals surface area contributed by atoms with Crippen LogP contribution in [0.25, 0.3) is 0 Å². The van der Waals surface area contributed by atoms with Gasteiger partial charge in [0.1, 0.15) is 5.54 Å². The minimum atomic E-state index is -0.967. The van der Waals surface area contributed by atoms with Gasteiger partial charge in [0.25, 0.3) is 0 Å². The lowest BCUT2D eigenvalue weighted by molar-refractivity contribution is 0.291. The highest BCUT2D eigenvalue weighted by molar-refractivity contribution is 5.59. The van der Waals surface area contributed by atoms with Gasteiger partial charge >= 0.3 is 0 Å². The minimum absolute atomic E-state index is 0.222. The summed E-state index contributed by atoms with van der Waals surface area (Å²) in [6.07, 6.45) is 5.02. The zero-order valence-corrected chi connectivity index (χ0v) is 11.5. The van der Waals surface area contributed by atoms with Gasteiger partial charge in [0, 0.05) is 12.5 Å². The molecule has 0 amide bonds. The third kappa shape index (κ3) is 2.25. The molecule has 0 radical (unpaired) electrons. The van der Waals surface area contributed by atoms with Gasteiger partial charge in [-0.2, -0.15) is 4.99 Å². The van der Waals surface area contributed by atoms with E-state index in [4.69, 9.17) is 9.47 Å². The second-order valence-electron chi connectivity index (χ2n) is 5.40. The van der Waals surface area contributed by atoms with Gasteiger partial charge in [0.05, 0.1) is 18.8 Å². The van der Waals surface area contributed by atoms with Crippen molar-refractivity contribution in [3.05, 3.63) is 17.4 Å². The number of aliphatic imine (C=N–C) groups is 1. The molecule has 2 aliphatic rings. The van der Waals surface area contributed by atoms with Crippen molar-refractivity contribution in [2.75, 3.05) is 13.2 Å². The molecule has 1 aromatic carbocycles. The molecule has 6 heteroatoms. The molecule has 1 fully saturated rings. The summed E-state index contributed by atoms with van der Waals surface area (Å²) in [6.45, 7) is 0.826. The van der Waals surface area contributed by atoms with Crippen molar-refractivity contribution in [2.45, 2.75) is 37.6 Å². The molecule has 5 nitrogen and oxygen atoms in total. The van der Waals surface area contributed by atoms with E-state index < -0.39 is 17.1 Å². The number of benzene rings is 1. The molecule has 3 rings (SSSR count). The predicted molar refractivity (Wildman–Crippen MR) is 71.9 cm³/mol. The predicted octanol–water partition coefficient (Wildman–Crippen LogP) is 2.80. The van der Waals surface area contributed by atoms with Crippen LogP contribution in [0.2, 0.25) is 0 Å². The quantitative estimate of drug-likeness (QED) is 0.672. The lowest BCUT2D eigenvalue weighted by atomic mass is 9.87. The summed E-state index contributed by atoms with van der Waals surface area (Å²) in [6, 6.07) is 1.12. The summed E-state index contributed by atoms with van der Waals surface area (Å²) < 4.78 is 25.2. The molecule has 1 N–H and O–H groups in total. The van der Waals surface area contributed by atoms with E-state index in [0.29, 0.717) is 38.2 Å². The van der Waals surface area contributed by atoms with Gasteiger partial charge in [0.15, 0.2) is 23.1 Å². The second-order valence-corrected chi connectivity index (χ2v) is 5.40. The fourth-order valence-electron chi connectivity index (χ4n) is 3.16. The molecule has 1 aromatic rings. The normalized spacial score (nSPS) is 19.7. The van der Waals surface area contributed by atoms with Crippen LogP contribution >= 0.6 is 0 Å². The monoisotopic (exact) mass is 293 g/mol. The van der Waals surface area contributed by atoms with Crippen LogP contribution in [-0.2, 0) is 10.3 Å². The number of nitrogens with zero attached hydrogens (tertiary/aromatic N) is 1. The Morgan fingerprint density at radius 2 is 1.95 bits per heavy atom. The second kappa shape index (κ2) is 5.37. The first-order chi connectivity index (χ1) is 10.2. The number of halogens is 1. The molecular weight excluding hydrogens is 277 g/mol.